The van der Waals surface area contributed by atoms with E-state index in [0.717, 1.165) is 26.2 Å². The molecule has 20 heavy (non-hydrogen) atoms. The van der Waals surface area contributed by atoms with Crippen LogP contribution in [0.3, 0.4) is 0 Å². The number of fused-ring (bicyclic) bond motifs is 1. The summed E-state index contributed by atoms with van der Waals surface area (Å²) in [7, 11) is 0. The van der Waals surface area contributed by atoms with Crippen LogP contribution in [0.2, 0.25) is 0 Å². The molecule has 0 fully saturated rings. The quantitative estimate of drug-likeness (QED) is 0.728. The first-order valence-electron chi connectivity index (χ1n) is 7.80. The summed E-state index contributed by atoms with van der Waals surface area (Å²) in [5.41, 5.74) is 1.35. The van der Waals surface area contributed by atoms with Gasteiger partial charge in [0.15, 0.2) is 0 Å². The molecule has 0 aliphatic carbocycles. The second kappa shape index (κ2) is 7.91. The Balaban J connectivity index is 2.05. The van der Waals surface area contributed by atoms with Gasteiger partial charge in [-0.05, 0) is 31.3 Å². The zero-order chi connectivity index (χ0) is 14.2. The van der Waals surface area contributed by atoms with E-state index in [1.165, 1.54) is 29.3 Å². The maximum atomic E-state index is 3.53. The molecule has 108 valence electrons. The second-order valence-corrected chi connectivity index (χ2v) is 5.18. The molecule has 2 nitrogen and oxygen atoms in total. The average molecular weight is 270 g/mol. The Morgan fingerprint density at radius 1 is 0.950 bits per heavy atom. The largest absolute Gasteiger partial charge is 0.370 e. The van der Waals surface area contributed by atoms with Gasteiger partial charge in [0.05, 0.1) is 0 Å². The number of unbranched alkanes of at least 4 members (excludes halogenated alkanes) is 1. The molecule has 0 saturated carbocycles. The molecule has 2 rings (SSSR count). The van der Waals surface area contributed by atoms with E-state index in [9.17, 15) is 0 Å². The summed E-state index contributed by atoms with van der Waals surface area (Å²) < 4.78 is 0. The van der Waals surface area contributed by atoms with Gasteiger partial charge in [-0.1, -0.05) is 49.7 Å². The Morgan fingerprint density at radius 2 is 1.75 bits per heavy atom. The molecule has 0 saturated heterocycles. The SMILES string of the molecule is CCCCNCCN(CC)c1cccc2ccccc12. The first-order chi connectivity index (χ1) is 9.86. The zero-order valence-corrected chi connectivity index (χ0v) is 12.7. The van der Waals surface area contributed by atoms with E-state index in [-0.39, 0.29) is 0 Å². The molecule has 2 aromatic carbocycles. The third-order valence-corrected chi connectivity index (χ3v) is 3.75. The lowest BCUT2D eigenvalue weighted by atomic mass is 10.1. The second-order valence-electron chi connectivity index (χ2n) is 5.18. The molecule has 0 radical (unpaired) electrons. The van der Waals surface area contributed by atoms with Gasteiger partial charge < -0.3 is 10.2 Å². The van der Waals surface area contributed by atoms with Crippen molar-refractivity contribution >= 4 is 16.5 Å². The molecule has 0 spiro atoms. The van der Waals surface area contributed by atoms with Gasteiger partial charge in [-0.25, -0.2) is 0 Å². The monoisotopic (exact) mass is 270 g/mol. The Bertz CT molecular complexity index is 516. The van der Waals surface area contributed by atoms with E-state index < -0.39 is 0 Å². The smallest absolute Gasteiger partial charge is 0.0446 e. The number of hydrogen-bond acceptors (Lipinski definition) is 2. The molecule has 0 atom stereocenters. The van der Waals surface area contributed by atoms with E-state index >= 15 is 0 Å². The van der Waals surface area contributed by atoms with Crippen molar-refractivity contribution in [2.45, 2.75) is 26.7 Å². The van der Waals surface area contributed by atoms with Gasteiger partial charge >= 0.3 is 0 Å². The number of anilines is 1. The summed E-state index contributed by atoms with van der Waals surface area (Å²) in [5, 5.41) is 6.20. The predicted octanol–water partition coefficient (Wildman–Crippen LogP) is 4.06. The lowest BCUT2D eigenvalue weighted by Crippen LogP contribution is -2.32. The van der Waals surface area contributed by atoms with Crippen LogP contribution in [0.15, 0.2) is 42.5 Å². The van der Waals surface area contributed by atoms with E-state index in [0.29, 0.717) is 0 Å². The highest BCUT2D eigenvalue weighted by Crippen LogP contribution is 2.26. The zero-order valence-electron chi connectivity index (χ0n) is 12.7. The van der Waals surface area contributed by atoms with Crippen LogP contribution in [-0.2, 0) is 0 Å². The third kappa shape index (κ3) is 3.73. The molecule has 1 N–H and O–H groups in total. The average Bonchev–Trinajstić information content (AvgIpc) is 2.51. The van der Waals surface area contributed by atoms with Gasteiger partial charge in [-0.2, -0.15) is 0 Å². The fraction of sp³-hybridized carbons (Fsp3) is 0.444. The Labute approximate surface area is 122 Å². The van der Waals surface area contributed by atoms with Crippen molar-refractivity contribution in [3.8, 4) is 0 Å². The summed E-state index contributed by atoms with van der Waals surface area (Å²) in [4.78, 5) is 2.46. The van der Waals surface area contributed by atoms with Crippen LogP contribution < -0.4 is 10.2 Å². The van der Waals surface area contributed by atoms with Gasteiger partial charge in [-0.3, -0.25) is 0 Å². The predicted molar refractivity (Wildman–Crippen MR) is 89.6 cm³/mol. The minimum Gasteiger partial charge on any atom is -0.370 e. The lowest BCUT2D eigenvalue weighted by molar-refractivity contribution is 0.630. The molecule has 0 aliphatic heterocycles. The van der Waals surface area contributed by atoms with E-state index in [2.05, 4.69) is 66.5 Å². The van der Waals surface area contributed by atoms with Crippen molar-refractivity contribution < 1.29 is 0 Å². The van der Waals surface area contributed by atoms with Gasteiger partial charge in [-0.15, -0.1) is 0 Å². The third-order valence-electron chi connectivity index (χ3n) is 3.75. The van der Waals surface area contributed by atoms with Crippen molar-refractivity contribution in [2.75, 3.05) is 31.1 Å². The minimum atomic E-state index is 1.05. The standard InChI is InChI=1S/C18H26N2/c1-3-5-13-19-14-15-20(4-2)18-12-8-10-16-9-6-7-11-17(16)18/h6-12,19H,3-5,13-15H2,1-2H3. The maximum Gasteiger partial charge on any atom is 0.0446 e. The van der Waals surface area contributed by atoms with Crippen molar-refractivity contribution in [3.05, 3.63) is 42.5 Å². The molecule has 2 heteroatoms. The normalized spacial score (nSPS) is 10.9. The van der Waals surface area contributed by atoms with Crippen LogP contribution in [0.5, 0.6) is 0 Å². The first kappa shape index (κ1) is 14.9. The minimum absolute atomic E-state index is 1.05. The van der Waals surface area contributed by atoms with Gasteiger partial charge in [0.25, 0.3) is 0 Å². The van der Waals surface area contributed by atoms with Crippen molar-refractivity contribution in [1.82, 2.24) is 5.32 Å². The van der Waals surface area contributed by atoms with Gasteiger partial charge in [0.2, 0.25) is 0 Å². The van der Waals surface area contributed by atoms with Crippen LogP contribution in [0, 0.1) is 0 Å². The number of hydrogen-bond donors (Lipinski definition) is 1. The molecule has 0 heterocycles. The molecule has 0 aliphatic rings. The van der Waals surface area contributed by atoms with Gasteiger partial charge in [0.1, 0.15) is 0 Å². The Kier molecular flexibility index (Phi) is 5.87. The van der Waals surface area contributed by atoms with Crippen LogP contribution in [0.1, 0.15) is 26.7 Å². The van der Waals surface area contributed by atoms with Gasteiger partial charge in [0, 0.05) is 30.7 Å². The Morgan fingerprint density at radius 3 is 2.55 bits per heavy atom. The van der Waals surface area contributed by atoms with E-state index in [1.807, 2.05) is 0 Å². The van der Waals surface area contributed by atoms with Crippen molar-refractivity contribution in [3.63, 3.8) is 0 Å². The maximum absolute atomic E-state index is 3.53. The van der Waals surface area contributed by atoms with Crippen molar-refractivity contribution in [1.29, 1.82) is 0 Å². The molecule has 0 bridgehead atoms. The summed E-state index contributed by atoms with van der Waals surface area (Å²) in [6.45, 7) is 8.75. The molecule has 2 aromatic rings. The van der Waals surface area contributed by atoms with Crippen LogP contribution in [-0.4, -0.2) is 26.2 Å². The highest BCUT2D eigenvalue weighted by molar-refractivity contribution is 5.94. The first-order valence-corrected chi connectivity index (χ1v) is 7.80. The molecule has 0 aromatic heterocycles. The fourth-order valence-electron chi connectivity index (χ4n) is 2.57. The number of rotatable bonds is 8. The number of nitrogens with one attached hydrogen (secondary N) is 1. The molecule has 0 amide bonds. The topological polar surface area (TPSA) is 15.3 Å². The summed E-state index contributed by atoms with van der Waals surface area (Å²) >= 11 is 0. The van der Waals surface area contributed by atoms with Crippen LogP contribution >= 0.6 is 0 Å². The summed E-state index contributed by atoms with van der Waals surface area (Å²) in [6.07, 6.45) is 2.52. The summed E-state index contributed by atoms with van der Waals surface area (Å²) in [5.74, 6) is 0. The Hall–Kier alpha value is -1.54. The highest BCUT2D eigenvalue weighted by Gasteiger charge is 2.07. The van der Waals surface area contributed by atoms with E-state index in [4.69, 9.17) is 0 Å². The van der Waals surface area contributed by atoms with Crippen LogP contribution in [0.25, 0.3) is 10.8 Å². The van der Waals surface area contributed by atoms with Crippen molar-refractivity contribution in [2.24, 2.45) is 0 Å². The number of likely N-dealkylation sites (N-methyl/N-ethyl adjacent to an activating group) is 1. The fourth-order valence-corrected chi connectivity index (χ4v) is 2.57. The van der Waals surface area contributed by atoms with E-state index in [1.54, 1.807) is 0 Å². The number of nitrogens with zero attached hydrogens (tertiary/aromatic N) is 1. The molecular formula is C18H26N2. The lowest BCUT2D eigenvalue weighted by Gasteiger charge is -2.25. The molecular weight excluding hydrogens is 244 g/mol. The summed E-state index contributed by atoms with van der Waals surface area (Å²) in [6, 6.07) is 15.2. The highest BCUT2D eigenvalue weighted by atomic mass is 15.1. The number of benzene rings is 2. The molecule has 0 unspecified atom stereocenters. The van der Waals surface area contributed by atoms with Crippen LogP contribution in [0.4, 0.5) is 5.69 Å².